The molecule has 0 bridgehead atoms. The average Bonchev–Trinajstić information content (AvgIpc) is 3.04. The van der Waals surface area contributed by atoms with Crippen LogP contribution in [0.3, 0.4) is 0 Å². The molecule has 2 aromatic rings. The third kappa shape index (κ3) is 3.01. The number of fused-ring (bicyclic) bond motifs is 1. The van der Waals surface area contributed by atoms with Gasteiger partial charge < -0.3 is 15.2 Å². The van der Waals surface area contributed by atoms with Crippen molar-refractivity contribution in [3.63, 3.8) is 0 Å². The van der Waals surface area contributed by atoms with Crippen LogP contribution < -0.4 is 21.9 Å². The number of rotatable bonds is 3. The van der Waals surface area contributed by atoms with Crippen LogP contribution in [0.5, 0.6) is 0 Å². The first kappa shape index (κ1) is 18.7. The lowest BCUT2D eigenvalue weighted by Crippen LogP contribution is -2.44. The smallest absolute Gasteiger partial charge is 0.332 e. The average molecular weight is 384 g/mol. The van der Waals surface area contributed by atoms with Gasteiger partial charge in [0.15, 0.2) is 11.2 Å². The number of nitrogens with two attached hydrogens (primary N) is 1. The summed E-state index contributed by atoms with van der Waals surface area (Å²) in [6.07, 6.45) is 11.3. The fourth-order valence-electron chi connectivity index (χ4n) is 4.27. The molecule has 3 heterocycles. The van der Waals surface area contributed by atoms with Gasteiger partial charge >= 0.3 is 5.69 Å². The molecule has 4 rings (SSSR count). The summed E-state index contributed by atoms with van der Waals surface area (Å²) in [7, 11) is 3.18. The molecule has 2 atom stereocenters. The predicted octanol–water partition coefficient (Wildman–Crippen LogP) is 0.884. The van der Waals surface area contributed by atoms with E-state index >= 15 is 0 Å². The Morgan fingerprint density at radius 1 is 1.25 bits per heavy atom. The monoisotopic (exact) mass is 384 g/mol. The molecule has 1 aliphatic carbocycles. The van der Waals surface area contributed by atoms with Crippen LogP contribution in [0.25, 0.3) is 11.2 Å². The number of aromatic nitrogens is 4. The van der Waals surface area contributed by atoms with Crippen LogP contribution in [0, 0.1) is 5.41 Å². The van der Waals surface area contributed by atoms with Gasteiger partial charge in [0.2, 0.25) is 5.95 Å². The first-order chi connectivity index (χ1) is 13.3. The third-order valence-electron chi connectivity index (χ3n) is 5.92. The van der Waals surface area contributed by atoms with Gasteiger partial charge in [-0.3, -0.25) is 13.9 Å². The number of allylic oxidation sites excluding steroid dienone is 4. The Labute approximate surface area is 163 Å². The summed E-state index contributed by atoms with van der Waals surface area (Å²) in [4.78, 5) is 32.4. The number of aryl methyl sites for hydroxylation is 1. The van der Waals surface area contributed by atoms with Crippen molar-refractivity contribution in [2.45, 2.75) is 38.8 Å². The normalized spacial score (nSPS) is 25.0. The van der Waals surface area contributed by atoms with E-state index in [-0.39, 0.29) is 22.7 Å². The molecule has 0 radical (unpaired) electrons. The second-order valence-electron chi connectivity index (χ2n) is 8.37. The van der Waals surface area contributed by atoms with E-state index < -0.39 is 0 Å². The molecular formula is C20H28N6O2. The molecule has 0 saturated carbocycles. The number of anilines is 1. The number of nitrogens with zero attached hydrogens (tertiary/aromatic N) is 5. The highest BCUT2D eigenvalue weighted by atomic mass is 16.2. The lowest BCUT2D eigenvalue weighted by molar-refractivity contribution is 0.360. The van der Waals surface area contributed by atoms with E-state index in [0.717, 1.165) is 36.3 Å². The molecule has 150 valence electrons. The molecular weight excluding hydrogens is 356 g/mol. The summed E-state index contributed by atoms with van der Waals surface area (Å²) in [5.74, 6) is 0.729. The number of imidazole rings is 1. The van der Waals surface area contributed by atoms with E-state index in [2.05, 4.69) is 24.0 Å². The predicted molar refractivity (Wildman–Crippen MR) is 111 cm³/mol. The lowest BCUT2D eigenvalue weighted by Gasteiger charge is -2.34. The van der Waals surface area contributed by atoms with Gasteiger partial charge in [-0.25, -0.2) is 4.79 Å². The SMILES string of the molecule is Cn1c(=O)c2c(nc(N3CCC[C@@H](N)C3)n2CC2(C)C=CC=CC2)n(C)c1=O. The Morgan fingerprint density at radius 2 is 2.04 bits per heavy atom. The summed E-state index contributed by atoms with van der Waals surface area (Å²) in [6, 6.07) is 0.0850. The molecule has 28 heavy (non-hydrogen) atoms. The van der Waals surface area contributed by atoms with Crippen molar-refractivity contribution in [1.82, 2.24) is 18.7 Å². The van der Waals surface area contributed by atoms with Crippen LogP contribution in [-0.2, 0) is 20.6 Å². The van der Waals surface area contributed by atoms with Crippen LogP contribution in [0.15, 0.2) is 33.9 Å². The Morgan fingerprint density at radius 3 is 2.71 bits per heavy atom. The highest BCUT2D eigenvalue weighted by molar-refractivity contribution is 5.74. The van der Waals surface area contributed by atoms with E-state index in [1.165, 1.54) is 11.6 Å². The van der Waals surface area contributed by atoms with Crippen molar-refractivity contribution < 1.29 is 0 Å². The van der Waals surface area contributed by atoms with Crippen molar-refractivity contribution >= 4 is 17.1 Å². The van der Waals surface area contributed by atoms with Gasteiger partial charge in [0.1, 0.15) is 0 Å². The van der Waals surface area contributed by atoms with E-state index in [9.17, 15) is 9.59 Å². The van der Waals surface area contributed by atoms with E-state index in [1.807, 2.05) is 16.7 Å². The van der Waals surface area contributed by atoms with Crippen molar-refractivity contribution in [3.8, 4) is 0 Å². The Kier molecular flexibility index (Phi) is 4.53. The van der Waals surface area contributed by atoms with Crippen LogP contribution in [0.2, 0.25) is 0 Å². The minimum absolute atomic E-state index is 0.0850. The van der Waals surface area contributed by atoms with Gasteiger partial charge in [-0.1, -0.05) is 31.2 Å². The zero-order valence-corrected chi connectivity index (χ0v) is 16.8. The summed E-state index contributed by atoms with van der Waals surface area (Å²) in [6.45, 7) is 4.33. The zero-order valence-electron chi connectivity index (χ0n) is 16.8. The first-order valence-electron chi connectivity index (χ1n) is 9.82. The molecule has 1 aliphatic heterocycles. The highest BCUT2D eigenvalue weighted by Crippen LogP contribution is 2.33. The molecule has 2 aliphatic rings. The van der Waals surface area contributed by atoms with Gasteiger partial charge in [-0.15, -0.1) is 0 Å². The quantitative estimate of drug-likeness (QED) is 0.848. The van der Waals surface area contributed by atoms with Crippen LogP contribution in [0.4, 0.5) is 5.95 Å². The van der Waals surface area contributed by atoms with Gasteiger partial charge in [-0.05, 0) is 19.3 Å². The maximum absolute atomic E-state index is 13.0. The van der Waals surface area contributed by atoms with Gasteiger partial charge in [0.05, 0.1) is 0 Å². The van der Waals surface area contributed by atoms with Crippen molar-refractivity contribution in [2.24, 2.45) is 25.2 Å². The van der Waals surface area contributed by atoms with Gasteiger partial charge in [-0.2, -0.15) is 4.98 Å². The second-order valence-corrected chi connectivity index (χ2v) is 8.37. The van der Waals surface area contributed by atoms with Crippen LogP contribution in [-0.4, -0.2) is 37.8 Å². The first-order valence-corrected chi connectivity index (χ1v) is 9.82. The molecule has 1 fully saturated rings. The maximum atomic E-state index is 13.0. The van der Waals surface area contributed by atoms with Crippen molar-refractivity contribution in [2.75, 3.05) is 18.0 Å². The van der Waals surface area contributed by atoms with Gasteiger partial charge in [0, 0.05) is 45.2 Å². The van der Waals surface area contributed by atoms with E-state index in [0.29, 0.717) is 24.3 Å². The Balaban J connectivity index is 1.94. The van der Waals surface area contributed by atoms with Crippen LogP contribution in [0.1, 0.15) is 26.2 Å². The molecule has 0 spiro atoms. The van der Waals surface area contributed by atoms with E-state index in [4.69, 9.17) is 10.7 Å². The third-order valence-corrected chi connectivity index (χ3v) is 5.92. The standard InChI is InChI=1S/C20H28N6O2/c1-20(9-5-4-6-10-20)13-26-15-16(23(2)19(28)24(3)17(15)27)22-18(26)25-11-7-8-14(21)12-25/h4-6,9,14H,7-8,10-13,21H2,1-3H3/t14-,20?/m1/s1. The molecule has 1 unspecified atom stereocenters. The van der Waals surface area contributed by atoms with Crippen molar-refractivity contribution in [3.05, 3.63) is 45.1 Å². The summed E-state index contributed by atoms with van der Waals surface area (Å²) in [5, 5.41) is 0. The Hall–Kier alpha value is -2.61. The highest BCUT2D eigenvalue weighted by Gasteiger charge is 2.30. The number of hydrogen-bond donors (Lipinski definition) is 1. The summed E-state index contributed by atoms with van der Waals surface area (Å²) in [5.41, 5.74) is 6.31. The molecule has 0 amide bonds. The minimum atomic E-state index is -0.365. The fourth-order valence-corrected chi connectivity index (χ4v) is 4.27. The minimum Gasteiger partial charge on any atom is -0.341 e. The number of piperidine rings is 1. The number of hydrogen-bond acceptors (Lipinski definition) is 5. The largest absolute Gasteiger partial charge is 0.341 e. The van der Waals surface area contributed by atoms with Crippen molar-refractivity contribution in [1.29, 1.82) is 0 Å². The van der Waals surface area contributed by atoms with Gasteiger partial charge in [0.25, 0.3) is 5.56 Å². The maximum Gasteiger partial charge on any atom is 0.332 e. The molecule has 0 aromatic carbocycles. The molecule has 8 nitrogen and oxygen atoms in total. The Bertz CT molecular complexity index is 1090. The van der Waals surface area contributed by atoms with Crippen LogP contribution >= 0.6 is 0 Å². The zero-order chi connectivity index (χ0) is 20.1. The summed E-state index contributed by atoms with van der Waals surface area (Å²) >= 11 is 0. The lowest BCUT2D eigenvalue weighted by atomic mass is 9.83. The van der Waals surface area contributed by atoms with E-state index in [1.54, 1.807) is 7.05 Å². The summed E-state index contributed by atoms with van der Waals surface area (Å²) < 4.78 is 4.61. The fraction of sp³-hybridized carbons (Fsp3) is 0.550. The topological polar surface area (TPSA) is 91.1 Å². The molecule has 1 saturated heterocycles. The second kappa shape index (κ2) is 6.77. The molecule has 8 heteroatoms. The molecule has 2 N–H and O–H groups in total. The molecule has 2 aromatic heterocycles.